The number of carbonyl (C=O) groups is 1. The second-order valence-electron chi connectivity index (χ2n) is 4.42. The van der Waals surface area contributed by atoms with Crippen LogP contribution in [0.5, 0.6) is 0 Å². The van der Waals surface area contributed by atoms with Gasteiger partial charge in [0, 0.05) is 17.9 Å². The van der Waals surface area contributed by atoms with Crippen molar-refractivity contribution in [1.29, 1.82) is 0 Å². The molecule has 20 heavy (non-hydrogen) atoms. The van der Waals surface area contributed by atoms with Crippen molar-refractivity contribution in [2.75, 3.05) is 11.1 Å². The molecule has 2 aromatic rings. The number of rotatable bonds is 3. The fourth-order valence-electron chi connectivity index (χ4n) is 1.63. The number of anilines is 2. The highest BCUT2D eigenvalue weighted by atomic mass is 35.5. The first-order chi connectivity index (χ1) is 9.13. The van der Waals surface area contributed by atoms with E-state index >= 15 is 0 Å². The molecule has 0 fully saturated rings. The van der Waals surface area contributed by atoms with Gasteiger partial charge in [-0.1, -0.05) is 29.8 Å². The highest BCUT2D eigenvalue weighted by Gasteiger charge is 2.01. The Morgan fingerprint density at radius 2 is 1.65 bits per heavy atom. The summed E-state index contributed by atoms with van der Waals surface area (Å²) in [5.41, 5.74) is 9.24. The lowest BCUT2D eigenvalue weighted by Gasteiger charge is -2.08. The number of urea groups is 1. The van der Waals surface area contributed by atoms with Crippen LogP contribution < -0.4 is 16.4 Å². The lowest BCUT2D eigenvalue weighted by molar-refractivity contribution is 0.251. The number of benzene rings is 2. The minimum Gasteiger partial charge on any atom is -0.399 e. The summed E-state index contributed by atoms with van der Waals surface area (Å²) in [4.78, 5) is 11.7. The Kier molecular flexibility index (Phi) is 5.87. The number of carbonyl (C=O) groups excluding carboxylic acids is 1. The maximum Gasteiger partial charge on any atom is 0.319 e. The zero-order valence-electron chi connectivity index (χ0n) is 11.2. The minimum absolute atomic E-state index is 0. The third-order valence-corrected chi connectivity index (χ3v) is 2.74. The normalized spacial score (nSPS) is 9.45. The molecule has 0 heterocycles. The zero-order chi connectivity index (χ0) is 13.7. The van der Waals surface area contributed by atoms with Gasteiger partial charge in [0.25, 0.3) is 0 Å². The Hall–Kier alpha value is -2.20. The Morgan fingerprint density at radius 3 is 2.25 bits per heavy atom. The molecule has 2 amide bonds. The van der Waals surface area contributed by atoms with E-state index in [1.165, 1.54) is 5.56 Å². The summed E-state index contributed by atoms with van der Waals surface area (Å²) >= 11 is 0. The van der Waals surface area contributed by atoms with Gasteiger partial charge in [-0.05, 0) is 36.8 Å². The summed E-state index contributed by atoms with van der Waals surface area (Å²) in [5.74, 6) is 0. The predicted molar refractivity (Wildman–Crippen MR) is 85.1 cm³/mol. The highest BCUT2D eigenvalue weighted by Crippen LogP contribution is 2.10. The van der Waals surface area contributed by atoms with E-state index < -0.39 is 0 Å². The Labute approximate surface area is 124 Å². The number of hydrogen-bond donors (Lipinski definition) is 3. The highest BCUT2D eigenvalue weighted by molar-refractivity contribution is 5.89. The number of nitrogen functional groups attached to an aromatic ring is 1. The van der Waals surface area contributed by atoms with Crippen molar-refractivity contribution >= 4 is 29.8 Å². The summed E-state index contributed by atoms with van der Waals surface area (Å²) in [6.07, 6.45) is 0. The molecule has 0 saturated heterocycles. The molecular weight excluding hydrogens is 274 g/mol. The molecule has 0 aliphatic carbocycles. The summed E-state index contributed by atoms with van der Waals surface area (Å²) < 4.78 is 0. The first kappa shape index (κ1) is 15.9. The fraction of sp³-hybridized carbons (Fsp3) is 0.133. The SMILES string of the molecule is Cc1ccc(CNC(=O)Nc2ccc(N)cc2)cc1.Cl. The van der Waals surface area contributed by atoms with Crippen LogP contribution in [0, 0.1) is 6.92 Å². The van der Waals surface area contributed by atoms with Crippen molar-refractivity contribution in [3.8, 4) is 0 Å². The van der Waals surface area contributed by atoms with E-state index in [2.05, 4.69) is 10.6 Å². The van der Waals surface area contributed by atoms with Crippen molar-refractivity contribution in [1.82, 2.24) is 5.32 Å². The van der Waals surface area contributed by atoms with Gasteiger partial charge in [0.1, 0.15) is 0 Å². The van der Waals surface area contributed by atoms with E-state index in [0.717, 1.165) is 11.3 Å². The predicted octanol–water partition coefficient (Wildman–Crippen LogP) is 3.32. The van der Waals surface area contributed by atoms with Crippen LogP contribution in [0.3, 0.4) is 0 Å². The molecule has 0 atom stereocenters. The molecule has 106 valence electrons. The Bertz CT molecular complexity index is 552. The van der Waals surface area contributed by atoms with Crippen molar-refractivity contribution in [3.05, 3.63) is 59.7 Å². The molecule has 0 aliphatic rings. The van der Waals surface area contributed by atoms with E-state index in [9.17, 15) is 4.79 Å². The standard InChI is InChI=1S/C15H17N3O.ClH/c1-11-2-4-12(5-3-11)10-17-15(19)18-14-8-6-13(16)7-9-14;/h2-9H,10,16H2,1H3,(H2,17,18,19);1H. The molecule has 2 rings (SSSR count). The summed E-state index contributed by atoms with van der Waals surface area (Å²) in [6.45, 7) is 2.53. The maximum absolute atomic E-state index is 11.7. The van der Waals surface area contributed by atoms with E-state index in [1.807, 2.05) is 31.2 Å². The van der Waals surface area contributed by atoms with Crippen molar-refractivity contribution in [2.45, 2.75) is 13.5 Å². The molecule has 0 bridgehead atoms. The molecule has 0 aromatic heterocycles. The molecule has 2 aromatic carbocycles. The smallest absolute Gasteiger partial charge is 0.319 e. The number of aryl methyl sites for hydroxylation is 1. The molecule has 0 unspecified atom stereocenters. The van der Waals surface area contributed by atoms with Crippen LogP contribution in [0.25, 0.3) is 0 Å². The number of hydrogen-bond acceptors (Lipinski definition) is 2. The van der Waals surface area contributed by atoms with Crippen LogP contribution in [0.2, 0.25) is 0 Å². The zero-order valence-corrected chi connectivity index (χ0v) is 12.0. The summed E-state index contributed by atoms with van der Waals surface area (Å²) in [6, 6.07) is 14.8. The van der Waals surface area contributed by atoms with Crippen molar-refractivity contribution < 1.29 is 4.79 Å². The van der Waals surface area contributed by atoms with Gasteiger partial charge in [-0.2, -0.15) is 0 Å². The first-order valence-corrected chi connectivity index (χ1v) is 6.09. The van der Waals surface area contributed by atoms with Gasteiger partial charge in [0.05, 0.1) is 0 Å². The van der Waals surface area contributed by atoms with E-state index in [0.29, 0.717) is 12.2 Å². The van der Waals surface area contributed by atoms with Crippen LogP contribution in [0.15, 0.2) is 48.5 Å². The molecule has 0 radical (unpaired) electrons. The molecule has 0 saturated carbocycles. The number of nitrogens with two attached hydrogens (primary N) is 1. The molecule has 5 heteroatoms. The molecule has 0 aliphatic heterocycles. The van der Waals surface area contributed by atoms with Crippen LogP contribution in [-0.2, 0) is 6.54 Å². The number of amides is 2. The largest absolute Gasteiger partial charge is 0.399 e. The van der Waals surface area contributed by atoms with E-state index in [-0.39, 0.29) is 18.4 Å². The first-order valence-electron chi connectivity index (χ1n) is 6.09. The number of halogens is 1. The lowest BCUT2D eigenvalue weighted by Crippen LogP contribution is -2.28. The third-order valence-electron chi connectivity index (χ3n) is 2.74. The van der Waals surface area contributed by atoms with E-state index in [4.69, 9.17) is 5.73 Å². The Morgan fingerprint density at radius 1 is 1.05 bits per heavy atom. The quantitative estimate of drug-likeness (QED) is 0.759. The fourth-order valence-corrected chi connectivity index (χ4v) is 1.63. The summed E-state index contributed by atoms with van der Waals surface area (Å²) in [5, 5.41) is 5.55. The average Bonchev–Trinajstić information content (AvgIpc) is 2.41. The van der Waals surface area contributed by atoms with Gasteiger partial charge in [-0.15, -0.1) is 12.4 Å². The maximum atomic E-state index is 11.7. The minimum atomic E-state index is -0.231. The molecule has 4 nitrogen and oxygen atoms in total. The van der Waals surface area contributed by atoms with Crippen LogP contribution in [0.1, 0.15) is 11.1 Å². The lowest BCUT2D eigenvalue weighted by atomic mass is 10.1. The molecule has 4 N–H and O–H groups in total. The Balaban J connectivity index is 0.00000200. The van der Waals surface area contributed by atoms with Gasteiger partial charge < -0.3 is 16.4 Å². The average molecular weight is 292 g/mol. The number of nitrogens with one attached hydrogen (secondary N) is 2. The molecular formula is C15H18ClN3O. The van der Waals surface area contributed by atoms with Gasteiger partial charge in [0.2, 0.25) is 0 Å². The van der Waals surface area contributed by atoms with Crippen LogP contribution in [-0.4, -0.2) is 6.03 Å². The second kappa shape index (κ2) is 7.40. The second-order valence-corrected chi connectivity index (χ2v) is 4.42. The molecule has 0 spiro atoms. The van der Waals surface area contributed by atoms with Gasteiger partial charge in [0.15, 0.2) is 0 Å². The monoisotopic (exact) mass is 291 g/mol. The van der Waals surface area contributed by atoms with Gasteiger partial charge in [-0.25, -0.2) is 4.79 Å². The van der Waals surface area contributed by atoms with Gasteiger partial charge in [-0.3, -0.25) is 0 Å². The van der Waals surface area contributed by atoms with Gasteiger partial charge >= 0.3 is 6.03 Å². The van der Waals surface area contributed by atoms with Crippen molar-refractivity contribution in [2.24, 2.45) is 0 Å². The van der Waals surface area contributed by atoms with E-state index in [1.54, 1.807) is 24.3 Å². The summed E-state index contributed by atoms with van der Waals surface area (Å²) in [7, 11) is 0. The van der Waals surface area contributed by atoms with Crippen molar-refractivity contribution in [3.63, 3.8) is 0 Å². The van der Waals surface area contributed by atoms with Crippen LogP contribution >= 0.6 is 12.4 Å². The third kappa shape index (κ3) is 4.82. The topological polar surface area (TPSA) is 67.2 Å². The van der Waals surface area contributed by atoms with Crippen LogP contribution in [0.4, 0.5) is 16.2 Å².